The van der Waals surface area contributed by atoms with Gasteiger partial charge in [-0.25, -0.2) is 0 Å². The lowest BCUT2D eigenvalue weighted by molar-refractivity contribution is -0.129. The predicted octanol–water partition coefficient (Wildman–Crippen LogP) is 4.63. The molecular weight excluding hydrogens is 352 g/mol. The average molecular weight is 377 g/mol. The molecule has 3 fully saturated rings. The van der Waals surface area contributed by atoms with Crippen LogP contribution in [0.3, 0.4) is 0 Å². The van der Waals surface area contributed by atoms with Crippen molar-refractivity contribution in [3.63, 3.8) is 0 Å². The Kier molecular flexibility index (Phi) is 3.54. The number of alkyl halides is 1. The molecule has 0 radical (unpaired) electrons. The van der Waals surface area contributed by atoms with Gasteiger partial charge in [0.1, 0.15) is 5.78 Å². The standard InChI is InChI=1S/C20H25BrO2/c1-3-20-9-8-14-13(15(20)6-7-18(20)23)5-4-12-10-17(22)16(21)11-19(12,14)2/h3,10,13-16H,1,4-9,11H2,2H3/t13-,14+,15+,16?,19+,20+/m1/s1. The molecule has 4 aliphatic carbocycles. The Bertz CT molecular complexity index is 621. The Morgan fingerprint density at radius 3 is 2.74 bits per heavy atom. The molecule has 4 aliphatic rings. The first kappa shape index (κ1) is 15.8. The smallest absolute Gasteiger partial charge is 0.169 e. The molecule has 0 aromatic rings. The molecule has 6 atom stereocenters. The third-order valence-electron chi connectivity index (χ3n) is 7.66. The molecule has 3 saturated carbocycles. The summed E-state index contributed by atoms with van der Waals surface area (Å²) in [5.74, 6) is 2.38. The number of carbonyl (C=O) groups is 2. The van der Waals surface area contributed by atoms with Crippen molar-refractivity contribution in [3.05, 3.63) is 24.3 Å². The van der Waals surface area contributed by atoms with Crippen LogP contribution in [0.15, 0.2) is 24.3 Å². The van der Waals surface area contributed by atoms with Crippen LogP contribution in [0.1, 0.15) is 51.9 Å². The second-order valence-corrected chi connectivity index (χ2v) is 9.43. The van der Waals surface area contributed by atoms with Gasteiger partial charge in [0.15, 0.2) is 5.78 Å². The minimum atomic E-state index is -0.239. The van der Waals surface area contributed by atoms with Gasteiger partial charge < -0.3 is 0 Å². The fourth-order valence-electron chi connectivity index (χ4n) is 6.45. The Hall–Kier alpha value is -0.700. The van der Waals surface area contributed by atoms with Crippen LogP contribution in [-0.2, 0) is 9.59 Å². The molecule has 4 rings (SSSR count). The minimum absolute atomic E-state index is 0.0358. The van der Waals surface area contributed by atoms with E-state index in [0.29, 0.717) is 23.5 Å². The van der Waals surface area contributed by atoms with E-state index in [9.17, 15) is 9.59 Å². The van der Waals surface area contributed by atoms with Gasteiger partial charge in [0.2, 0.25) is 0 Å². The van der Waals surface area contributed by atoms with Crippen molar-refractivity contribution in [1.29, 1.82) is 0 Å². The monoisotopic (exact) mass is 376 g/mol. The second kappa shape index (κ2) is 5.15. The highest BCUT2D eigenvalue weighted by Gasteiger charge is 2.60. The first-order valence-corrected chi connectivity index (χ1v) is 9.90. The van der Waals surface area contributed by atoms with Crippen LogP contribution >= 0.6 is 15.9 Å². The van der Waals surface area contributed by atoms with E-state index in [0.717, 1.165) is 44.9 Å². The van der Waals surface area contributed by atoms with Gasteiger partial charge in [0.25, 0.3) is 0 Å². The van der Waals surface area contributed by atoms with Crippen LogP contribution in [0.2, 0.25) is 0 Å². The summed E-state index contributed by atoms with van der Waals surface area (Å²) >= 11 is 3.59. The summed E-state index contributed by atoms with van der Waals surface area (Å²) in [6, 6.07) is 0. The maximum atomic E-state index is 12.6. The number of hydrogen-bond acceptors (Lipinski definition) is 2. The zero-order valence-corrected chi connectivity index (χ0v) is 15.4. The molecule has 3 heteroatoms. The summed E-state index contributed by atoms with van der Waals surface area (Å²) < 4.78 is 0. The SMILES string of the molecule is C=C[C@]12CC[C@H]3[C@@H](CCC4=CC(=O)C(Br)C[C@@]43C)[C@@H]1CCC2=O. The summed E-state index contributed by atoms with van der Waals surface area (Å²) in [7, 11) is 0. The van der Waals surface area contributed by atoms with E-state index in [1.54, 1.807) is 0 Å². The zero-order valence-electron chi connectivity index (χ0n) is 13.8. The number of halogens is 1. The number of ketones is 2. The number of hydrogen-bond donors (Lipinski definition) is 0. The van der Waals surface area contributed by atoms with Gasteiger partial charge in [-0.15, -0.1) is 6.58 Å². The lowest BCUT2D eigenvalue weighted by Crippen LogP contribution is -2.52. The second-order valence-electron chi connectivity index (χ2n) is 8.32. The lowest BCUT2D eigenvalue weighted by atomic mass is 9.47. The number of fused-ring (bicyclic) bond motifs is 5. The fraction of sp³-hybridized carbons (Fsp3) is 0.700. The summed E-state index contributed by atoms with van der Waals surface area (Å²) in [5.41, 5.74) is 1.26. The van der Waals surface area contributed by atoms with Crippen molar-refractivity contribution in [2.75, 3.05) is 0 Å². The van der Waals surface area contributed by atoms with Crippen LogP contribution < -0.4 is 0 Å². The molecule has 23 heavy (non-hydrogen) atoms. The minimum Gasteiger partial charge on any atom is -0.299 e. The summed E-state index contributed by atoms with van der Waals surface area (Å²) in [6.07, 6.45) is 10.8. The molecule has 0 spiro atoms. The van der Waals surface area contributed by atoms with Crippen LogP contribution in [0.5, 0.6) is 0 Å². The number of Topliss-reactive ketones (excluding diaryl/α,β-unsaturated/α-hetero) is 1. The van der Waals surface area contributed by atoms with Gasteiger partial charge in [-0.1, -0.05) is 34.5 Å². The van der Waals surface area contributed by atoms with Gasteiger partial charge >= 0.3 is 0 Å². The van der Waals surface area contributed by atoms with Crippen molar-refractivity contribution < 1.29 is 9.59 Å². The first-order valence-electron chi connectivity index (χ1n) is 8.98. The molecular formula is C20H25BrO2. The summed E-state index contributed by atoms with van der Waals surface area (Å²) in [4.78, 5) is 24.6. The Morgan fingerprint density at radius 2 is 2.00 bits per heavy atom. The molecule has 0 saturated heterocycles. The van der Waals surface area contributed by atoms with Crippen LogP contribution in [0.25, 0.3) is 0 Å². The highest BCUT2D eigenvalue weighted by Crippen LogP contribution is 2.65. The molecule has 0 N–H and O–H groups in total. The molecule has 0 bridgehead atoms. The topological polar surface area (TPSA) is 34.1 Å². The van der Waals surface area contributed by atoms with Crippen molar-refractivity contribution >= 4 is 27.5 Å². The van der Waals surface area contributed by atoms with E-state index < -0.39 is 0 Å². The first-order chi connectivity index (χ1) is 10.9. The van der Waals surface area contributed by atoms with Crippen LogP contribution in [-0.4, -0.2) is 16.4 Å². The zero-order chi connectivity index (χ0) is 16.4. The van der Waals surface area contributed by atoms with Crippen molar-refractivity contribution in [3.8, 4) is 0 Å². The Labute approximate surface area is 146 Å². The molecule has 0 aromatic carbocycles. The number of rotatable bonds is 1. The number of allylic oxidation sites excluding steroid dienone is 2. The number of carbonyl (C=O) groups excluding carboxylic acids is 2. The normalized spacial score (nSPS) is 49.0. The van der Waals surface area contributed by atoms with E-state index >= 15 is 0 Å². The van der Waals surface area contributed by atoms with Crippen LogP contribution in [0.4, 0.5) is 0 Å². The molecule has 0 aliphatic heterocycles. The Balaban J connectivity index is 1.72. The molecule has 0 heterocycles. The van der Waals surface area contributed by atoms with Gasteiger partial charge in [-0.3, -0.25) is 9.59 Å². The molecule has 1 unspecified atom stereocenters. The highest BCUT2D eigenvalue weighted by molar-refractivity contribution is 9.10. The van der Waals surface area contributed by atoms with Crippen molar-refractivity contribution in [2.24, 2.45) is 28.6 Å². The van der Waals surface area contributed by atoms with E-state index in [1.165, 1.54) is 5.57 Å². The van der Waals surface area contributed by atoms with Gasteiger partial charge in [0, 0.05) is 11.8 Å². The maximum absolute atomic E-state index is 12.6. The van der Waals surface area contributed by atoms with Crippen molar-refractivity contribution in [1.82, 2.24) is 0 Å². The average Bonchev–Trinajstić information content (AvgIpc) is 2.87. The largest absolute Gasteiger partial charge is 0.299 e. The van der Waals surface area contributed by atoms with E-state index in [2.05, 4.69) is 29.4 Å². The van der Waals surface area contributed by atoms with Gasteiger partial charge in [0.05, 0.1) is 4.83 Å². The Morgan fingerprint density at radius 1 is 1.22 bits per heavy atom. The van der Waals surface area contributed by atoms with E-state index in [-0.39, 0.29) is 21.4 Å². The summed E-state index contributed by atoms with van der Waals surface area (Å²) in [6.45, 7) is 6.41. The van der Waals surface area contributed by atoms with Gasteiger partial charge in [-0.05, 0) is 67.8 Å². The predicted molar refractivity (Wildman–Crippen MR) is 94.3 cm³/mol. The molecule has 2 nitrogen and oxygen atoms in total. The third kappa shape index (κ3) is 1.98. The fourth-order valence-corrected chi connectivity index (χ4v) is 7.26. The van der Waals surface area contributed by atoms with E-state index in [4.69, 9.17) is 0 Å². The maximum Gasteiger partial charge on any atom is 0.169 e. The van der Waals surface area contributed by atoms with Gasteiger partial charge in [-0.2, -0.15) is 0 Å². The molecule has 0 amide bonds. The highest BCUT2D eigenvalue weighted by atomic mass is 79.9. The van der Waals surface area contributed by atoms with E-state index in [1.807, 2.05) is 12.2 Å². The van der Waals surface area contributed by atoms with Crippen LogP contribution in [0, 0.1) is 28.6 Å². The molecule has 0 aromatic heterocycles. The quantitative estimate of drug-likeness (QED) is 0.493. The molecule has 124 valence electrons. The lowest BCUT2D eigenvalue weighted by Gasteiger charge is -2.57. The van der Waals surface area contributed by atoms with Crippen molar-refractivity contribution in [2.45, 2.75) is 56.7 Å². The third-order valence-corrected chi connectivity index (χ3v) is 8.43. The summed E-state index contributed by atoms with van der Waals surface area (Å²) in [5, 5.41) is 0.